The highest BCUT2D eigenvalue weighted by Gasteiger charge is 2.19. The van der Waals surface area contributed by atoms with E-state index in [0.29, 0.717) is 13.1 Å². The minimum absolute atomic E-state index is 0.171. The van der Waals surface area contributed by atoms with Crippen molar-refractivity contribution in [2.45, 2.75) is 31.4 Å². The minimum Gasteiger partial charge on any atom is -0.329 e. The summed E-state index contributed by atoms with van der Waals surface area (Å²) in [6.07, 6.45) is 0. The van der Waals surface area contributed by atoms with Crippen molar-refractivity contribution in [1.29, 1.82) is 0 Å². The van der Waals surface area contributed by atoms with Crippen molar-refractivity contribution in [3.8, 4) is 0 Å². The van der Waals surface area contributed by atoms with Crippen LogP contribution in [0.15, 0.2) is 0 Å². The average molecular weight is 233 g/mol. The Kier molecular flexibility index (Phi) is 3.75. The first kappa shape index (κ1) is 12.1. The average Bonchev–Trinajstić information content (AvgIpc) is 2.52. The molecule has 0 atom stereocenters. The first-order valence-corrected chi connectivity index (χ1v) is 6.35. The molecule has 7 nitrogen and oxygen atoms in total. The molecule has 0 bridgehead atoms. The summed E-state index contributed by atoms with van der Waals surface area (Å²) in [5.41, 5.74) is 5.30. The van der Waals surface area contributed by atoms with Gasteiger partial charge >= 0.3 is 0 Å². The normalized spacial score (nSPS) is 12.3. The molecular weight excluding hydrogens is 218 g/mol. The molecule has 86 valence electrons. The second kappa shape index (κ2) is 4.67. The fourth-order valence-corrected chi connectivity index (χ4v) is 1.70. The fraction of sp³-hybridized carbons (Fsp3) is 0.857. The summed E-state index contributed by atoms with van der Waals surface area (Å²) in [5.74, 6) is 0.0482. The van der Waals surface area contributed by atoms with E-state index in [1.54, 1.807) is 13.8 Å². The Morgan fingerprint density at radius 3 is 2.67 bits per heavy atom. The zero-order chi connectivity index (χ0) is 11.5. The second-order valence-corrected chi connectivity index (χ2v) is 6.00. The van der Waals surface area contributed by atoms with Gasteiger partial charge in [0, 0.05) is 6.54 Å². The molecule has 0 unspecified atom stereocenters. The molecule has 1 rings (SSSR count). The lowest BCUT2D eigenvalue weighted by atomic mass is 10.6. The molecular formula is C7H15N5O2S. The number of hydrogen-bond acceptors (Lipinski definition) is 6. The molecule has 0 radical (unpaired) electrons. The zero-order valence-electron chi connectivity index (χ0n) is 8.79. The molecule has 0 fully saturated rings. The standard InChI is InChI=1S/C7H15N5O2S/c1-6(2)15(13,14)5-7-9-11-12(10-7)4-3-8/h6H,3-5,8H2,1-2H3. The Hall–Kier alpha value is -1.02. The molecule has 0 aliphatic rings. The first-order valence-electron chi connectivity index (χ1n) is 4.64. The van der Waals surface area contributed by atoms with E-state index < -0.39 is 15.1 Å². The van der Waals surface area contributed by atoms with Crippen molar-refractivity contribution in [3.05, 3.63) is 5.82 Å². The third kappa shape index (κ3) is 3.24. The SMILES string of the molecule is CC(C)S(=O)(=O)Cc1nnn(CCN)n1. The van der Waals surface area contributed by atoms with Crippen molar-refractivity contribution in [2.24, 2.45) is 5.73 Å². The van der Waals surface area contributed by atoms with Gasteiger partial charge in [-0.1, -0.05) is 0 Å². The predicted octanol–water partition coefficient (Wildman–Crippen LogP) is -1.04. The lowest BCUT2D eigenvalue weighted by Crippen LogP contribution is -2.17. The molecule has 0 aromatic carbocycles. The third-order valence-electron chi connectivity index (χ3n) is 1.87. The van der Waals surface area contributed by atoms with Crippen molar-refractivity contribution < 1.29 is 8.42 Å². The minimum atomic E-state index is -3.16. The highest BCUT2D eigenvalue weighted by Crippen LogP contribution is 2.05. The van der Waals surface area contributed by atoms with E-state index in [0.717, 1.165) is 0 Å². The summed E-state index contributed by atoms with van der Waals surface area (Å²) >= 11 is 0. The third-order valence-corrected chi connectivity index (χ3v) is 3.97. The van der Waals surface area contributed by atoms with Gasteiger partial charge in [0.1, 0.15) is 5.75 Å². The molecule has 0 spiro atoms. The van der Waals surface area contributed by atoms with Gasteiger partial charge in [0.15, 0.2) is 15.7 Å². The predicted molar refractivity (Wildman–Crippen MR) is 54.6 cm³/mol. The van der Waals surface area contributed by atoms with Crippen molar-refractivity contribution in [1.82, 2.24) is 20.2 Å². The first-order chi connectivity index (χ1) is 6.95. The maximum Gasteiger partial charge on any atom is 0.189 e. The molecule has 0 aliphatic heterocycles. The van der Waals surface area contributed by atoms with Crippen LogP contribution in [0.2, 0.25) is 0 Å². The lowest BCUT2D eigenvalue weighted by molar-refractivity contribution is 0.529. The van der Waals surface area contributed by atoms with Gasteiger partial charge in [0.05, 0.1) is 11.8 Å². The Bertz CT molecular complexity index is 411. The van der Waals surface area contributed by atoms with E-state index in [-0.39, 0.29) is 11.6 Å². The number of sulfone groups is 1. The van der Waals surface area contributed by atoms with Gasteiger partial charge in [-0.05, 0) is 19.1 Å². The molecule has 8 heteroatoms. The Morgan fingerprint density at radius 1 is 1.47 bits per heavy atom. The van der Waals surface area contributed by atoms with Gasteiger partial charge in [0.2, 0.25) is 0 Å². The topological polar surface area (TPSA) is 104 Å². The quantitative estimate of drug-likeness (QED) is 0.696. The molecule has 1 aromatic heterocycles. The van der Waals surface area contributed by atoms with Crippen LogP contribution in [0.1, 0.15) is 19.7 Å². The summed E-state index contributed by atoms with van der Waals surface area (Å²) < 4.78 is 23.1. The number of aromatic nitrogens is 4. The van der Waals surface area contributed by atoms with E-state index in [2.05, 4.69) is 15.4 Å². The van der Waals surface area contributed by atoms with Crippen LogP contribution in [0.25, 0.3) is 0 Å². The van der Waals surface area contributed by atoms with Gasteiger partial charge in [-0.2, -0.15) is 4.80 Å². The monoisotopic (exact) mass is 233 g/mol. The Labute approximate surface area is 88.6 Å². The number of nitrogens with two attached hydrogens (primary N) is 1. The summed E-state index contributed by atoms with van der Waals surface area (Å²) in [6, 6.07) is 0. The molecule has 0 aliphatic carbocycles. The van der Waals surface area contributed by atoms with Crippen LogP contribution in [0, 0.1) is 0 Å². The van der Waals surface area contributed by atoms with E-state index >= 15 is 0 Å². The summed E-state index contributed by atoms with van der Waals surface area (Å²) in [4.78, 5) is 1.30. The molecule has 1 heterocycles. The number of rotatable bonds is 5. The van der Waals surface area contributed by atoms with Gasteiger partial charge in [-0.15, -0.1) is 10.2 Å². The highest BCUT2D eigenvalue weighted by molar-refractivity contribution is 7.91. The van der Waals surface area contributed by atoms with Crippen LogP contribution in [-0.2, 0) is 22.1 Å². The van der Waals surface area contributed by atoms with Gasteiger partial charge in [-0.25, -0.2) is 8.42 Å². The molecule has 0 saturated carbocycles. The van der Waals surface area contributed by atoms with Crippen molar-refractivity contribution >= 4 is 9.84 Å². The molecule has 0 saturated heterocycles. The largest absolute Gasteiger partial charge is 0.329 e. The van der Waals surface area contributed by atoms with Gasteiger partial charge in [-0.3, -0.25) is 0 Å². The van der Waals surface area contributed by atoms with Crippen LogP contribution < -0.4 is 5.73 Å². The molecule has 2 N–H and O–H groups in total. The lowest BCUT2D eigenvalue weighted by Gasteiger charge is -2.03. The Morgan fingerprint density at radius 2 is 2.13 bits per heavy atom. The maximum absolute atomic E-state index is 11.5. The Balaban J connectivity index is 2.73. The summed E-state index contributed by atoms with van der Waals surface area (Å²) in [6.45, 7) is 4.08. The van der Waals surface area contributed by atoms with Gasteiger partial charge < -0.3 is 5.73 Å². The van der Waals surface area contributed by atoms with Crippen LogP contribution in [0.5, 0.6) is 0 Å². The van der Waals surface area contributed by atoms with Crippen molar-refractivity contribution in [2.75, 3.05) is 6.54 Å². The summed E-state index contributed by atoms with van der Waals surface area (Å²) in [5, 5.41) is 10.8. The smallest absolute Gasteiger partial charge is 0.189 e. The van der Waals surface area contributed by atoms with Crippen LogP contribution in [0.4, 0.5) is 0 Å². The van der Waals surface area contributed by atoms with E-state index in [4.69, 9.17) is 5.73 Å². The fourth-order valence-electron chi connectivity index (χ4n) is 0.891. The highest BCUT2D eigenvalue weighted by atomic mass is 32.2. The van der Waals surface area contributed by atoms with Crippen LogP contribution in [0.3, 0.4) is 0 Å². The molecule has 1 aromatic rings. The second-order valence-electron chi connectivity index (χ2n) is 3.45. The molecule has 15 heavy (non-hydrogen) atoms. The van der Waals surface area contributed by atoms with E-state index in [1.165, 1.54) is 4.80 Å². The maximum atomic E-state index is 11.5. The molecule has 0 amide bonds. The van der Waals surface area contributed by atoms with Crippen LogP contribution >= 0.6 is 0 Å². The van der Waals surface area contributed by atoms with E-state index in [1.807, 2.05) is 0 Å². The number of hydrogen-bond donors (Lipinski definition) is 1. The van der Waals surface area contributed by atoms with Crippen LogP contribution in [-0.4, -0.2) is 40.4 Å². The number of tetrazole rings is 1. The van der Waals surface area contributed by atoms with Crippen molar-refractivity contribution in [3.63, 3.8) is 0 Å². The number of nitrogens with zero attached hydrogens (tertiary/aromatic N) is 4. The van der Waals surface area contributed by atoms with E-state index in [9.17, 15) is 8.42 Å². The zero-order valence-corrected chi connectivity index (χ0v) is 9.61. The summed E-state index contributed by atoms with van der Waals surface area (Å²) in [7, 11) is -3.16. The van der Waals surface area contributed by atoms with Gasteiger partial charge in [0.25, 0.3) is 0 Å².